The van der Waals surface area contributed by atoms with Crippen molar-refractivity contribution < 1.29 is 9.66 Å². The van der Waals surface area contributed by atoms with E-state index in [0.29, 0.717) is 18.0 Å². The first-order chi connectivity index (χ1) is 11.7. The zero-order chi connectivity index (χ0) is 17.2. The van der Waals surface area contributed by atoms with Gasteiger partial charge in [-0.25, -0.2) is 0 Å². The molecule has 24 heavy (non-hydrogen) atoms. The van der Waals surface area contributed by atoms with Crippen LogP contribution in [0.3, 0.4) is 0 Å². The van der Waals surface area contributed by atoms with Crippen LogP contribution in [0.2, 0.25) is 0 Å². The van der Waals surface area contributed by atoms with Gasteiger partial charge in [0.2, 0.25) is 0 Å². The van der Waals surface area contributed by atoms with Crippen LogP contribution in [0.15, 0.2) is 71.4 Å². The molecule has 0 bridgehead atoms. The van der Waals surface area contributed by atoms with Crippen molar-refractivity contribution in [3.8, 4) is 5.75 Å². The Morgan fingerprint density at radius 2 is 1.58 bits per heavy atom. The van der Waals surface area contributed by atoms with Gasteiger partial charge in [0.15, 0.2) is 0 Å². The molecule has 2 aromatic carbocycles. The second-order valence-corrected chi connectivity index (χ2v) is 5.10. The van der Waals surface area contributed by atoms with Crippen molar-refractivity contribution in [2.24, 2.45) is 10.2 Å². The summed E-state index contributed by atoms with van der Waals surface area (Å²) in [5.74, 6) is 0.794. The Balaban J connectivity index is 1.86. The average molecular weight is 325 g/mol. The SMILES string of the molecule is C=CCCCCOc1ccc(N=Nc2ccc([N+](=O)[O-])cc2)cc1. The number of allylic oxidation sites excluding steroid dienone is 1. The number of nitrogens with zero attached hydrogens (tertiary/aromatic N) is 3. The fourth-order valence-corrected chi connectivity index (χ4v) is 1.95. The summed E-state index contributed by atoms with van der Waals surface area (Å²) in [6, 6.07) is 13.2. The smallest absolute Gasteiger partial charge is 0.269 e. The molecule has 0 N–H and O–H groups in total. The Hall–Kier alpha value is -3.02. The first-order valence-electron chi connectivity index (χ1n) is 7.69. The molecule has 124 valence electrons. The molecule has 0 amide bonds. The molecule has 2 rings (SSSR count). The van der Waals surface area contributed by atoms with Gasteiger partial charge in [0.1, 0.15) is 5.75 Å². The third kappa shape index (κ3) is 5.64. The maximum atomic E-state index is 10.6. The maximum Gasteiger partial charge on any atom is 0.269 e. The number of unbranched alkanes of at least 4 members (excludes halogenated alkanes) is 2. The molecule has 0 saturated heterocycles. The molecule has 0 heterocycles. The second-order valence-electron chi connectivity index (χ2n) is 5.10. The topological polar surface area (TPSA) is 77.1 Å². The Bertz CT molecular complexity index is 694. The standard InChI is InChI=1S/C18H19N3O3/c1-2-3-4-5-14-24-18-12-8-16(9-13-18)20-19-15-6-10-17(11-7-15)21(22)23/h2,6-13H,1,3-5,14H2. The number of azo groups is 1. The van der Waals surface area contributed by atoms with Crippen molar-refractivity contribution in [2.75, 3.05) is 6.61 Å². The van der Waals surface area contributed by atoms with Gasteiger partial charge in [-0.1, -0.05) is 6.08 Å². The third-order valence-corrected chi connectivity index (χ3v) is 3.25. The molecule has 0 fully saturated rings. The molecule has 6 heteroatoms. The molecule has 0 aromatic heterocycles. The predicted octanol–water partition coefficient (Wildman–Crippen LogP) is 5.75. The lowest BCUT2D eigenvalue weighted by Gasteiger charge is -2.05. The number of nitro groups is 1. The van der Waals surface area contributed by atoms with Gasteiger partial charge < -0.3 is 4.74 Å². The zero-order valence-corrected chi connectivity index (χ0v) is 13.3. The van der Waals surface area contributed by atoms with Crippen LogP contribution >= 0.6 is 0 Å². The van der Waals surface area contributed by atoms with Crippen molar-refractivity contribution in [3.05, 3.63) is 71.3 Å². The fraction of sp³-hybridized carbons (Fsp3) is 0.222. The lowest BCUT2D eigenvalue weighted by atomic mass is 10.2. The minimum Gasteiger partial charge on any atom is -0.494 e. The third-order valence-electron chi connectivity index (χ3n) is 3.25. The molecule has 0 atom stereocenters. The van der Waals surface area contributed by atoms with Crippen LogP contribution < -0.4 is 4.74 Å². The minimum atomic E-state index is -0.447. The summed E-state index contributed by atoms with van der Waals surface area (Å²) in [5, 5.41) is 18.7. The van der Waals surface area contributed by atoms with Gasteiger partial charge >= 0.3 is 0 Å². The molecule has 2 aromatic rings. The van der Waals surface area contributed by atoms with Crippen LogP contribution in [0.1, 0.15) is 19.3 Å². The normalized spacial score (nSPS) is 10.7. The van der Waals surface area contributed by atoms with Gasteiger partial charge in [0, 0.05) is 12.1 Å². The van der Waals surface area contributed by atoms with Crippen LogP contribution in [0, 0.1) is 10.1 Å². The number of benzene rings is 2. The lowest BCUT2D eigenvalue weighted by Crippen LogP contribution is -1.96. The number of hydrogen-bond acceptors (Lipinski definition) is 5. The largest absolute Gasteiger partial charge is 0.494 e. The number of nitro benzene ring substituents is 1. The van der Waals surface area contributed by atoms with E-state index in [1.54, 1.807) is 12.1 Å². The Kier molecular flexibility index (Phi) is 6.64. The van der Waals surface area contributed by atoms with Gasteiger partial charge in [-0.3, -0.25) is 10.1 Å². The molecule has 6 nitrogen and oxygen atoms in total. The van der Waals surface area contributed by atoms with E-state index in [0.717, 1.165) is 25.0 Å². The molecule has 0 spiro atoms. The van der Waals surface area contributed by atoms with Crippen molar-refractivity contribution in [1.29, 1.82) is 0 Å². The monoisotopic (exact) mass is 325 g/mol. The van der Waals surface area contributed by atoms with Crippen molar-refractivity contribution in [1.82, 2.24) is 0 Å². The summed E-state index contributed by atoms with van der Waals surface area (Å²) >= 11 is 0. The average Bonchev–Trinajstić information content (AvgIpc) is 2.61. The van der Waals surface area contributed by atoms with Crippen molar-refractivity contribution >= 4 is 17.1 Å². The van der Waals surface area contributed by atoms with E-state index < -0.39 is 4.92 Å². The molecule has 0 aliphatic carbocycles. The van der Waals surface area contributed by atoms with E-state index in [2.05, 4.69) is 16.8 Å². The molecule has 0 aliphatic heterocycles. The fourth-order valence-electron chi connectivity index (χ4n) is 1.95. The lowest BCUT2D eigenvalue weighted by molar-refractivity contribution is -0.384. The Morgan fingerprint density at radius 3 is 2.12 bits per heavy atom. The highest BCUT2D eigenvalue weighted by Crippen LogP contribution is 2.23. The molecule has 0 radical (unpaired) electrons. The highest BCUT2D eigenvalue weighted by molar-refractivity contribution is 5.45. The summed E-state index contributed by atoms with van der Waals surface area (Å²) < 4.78 is 5.64. The molecule has 0 aliphatic rings. The first kappa shape index (κ1) is 17.3. The molecule has 0 saturated carbocycles. The highest BCUT2D eigenvalue weighted by Gasteiger charge is 2.03. The van der Waals surface area contributed by atoms with Crippen LogP contribution in [0.25, 0.3) is 0 Å². The van der Waals surface area contributed by atoms with E-state index in [1.807, 2.05) is 30.3 Å². The van der Waals surface area contributed by atoms with Gasteiger partial charge in [-0.2, -0.15) is 10.2 Å². The number of ether oxygens (including phenoxy) is 1. The van der Waals surface area contributed by atoms with Gasteiger partial charge in [-0.15, -0.1) is 6.58 Å². The first-order valence-corrected chi connectivity index (χ1v) is 7.69. The van der Waals surface area contributed by atoms with Crippen LogP contribution in [-0.4, -0.2) is 11.5 Å². The van der Waals surface area contributed by atoms with E-state index in [9.17, 15) is 10.1 Å². The molecule has 0 unspecified atom stereocenters. The van der Waals surface area contributed by atoms with Gasteiger partial charge in [0.05, 0.1) is 22.9 Å². The molecular formula is C18H19N3O3. The second kappa shape index (κ2) is 9.19. The van der Waals surface area contributed by atoms with Gasteiger partial charge in [-0.05, 0) is 55.7 Å². The van der Waals surface area contributed by atoms with E-state index >= 15 is 0 Å². The van der Waals surface area contributed by atoms with Gasteiger partial charge in [0.25, 0.3) is 5.69 Å². The summed E-state index contributed by atoms with van der Waals surface area (Å²) in [6.45, 7) is 4.37. The van der Waals surface area contributed by atoms with Crippen LogP contribution in [-0.2, 0) is 0 Å². The van der Waals surface area contributed by atoms with E-state index in [-0.39, 0.29) is 5.69 Å². The summed E-state index contributed by atoms with van der Waals surface area (Å²) in [5.41, 5.74) is 1.28. The Labute approximate surface area is 140 Å². The Morgan fingerprint density at radius 1 is 1.00 bits per heavy atom. The van der Waals surface area contributed by atoms with Crippen molar-refractivity contribution in [3.63, 3.8) is 0 Å². The van der Waals surface area contributed by atoms with Crippen LogP contribution in [0.5, 0.6) is 5.75 Å². The summed E-state index contributed by atoms with van der Waals surface area (Å²) in [4.78, 5) is 10.1. The highest BCUT2D eigenvalue weighted by atomic mass is 16.6. The maximum absolute atomic E-state index is 10.6. The van der Waals surface area contributed by atoms with E-state index in [4.69, 9.17) is 4.74 Å². The van der Waals surface area contributed by atoms with Crippen LogP contribution in [0.4, 0.5) is 17.1 Å². The number of non-ortho nitro benzene ring substituents is 1. The zero-order valence-electron chi connectivity index (χ0n) is 13.3. The number of rotatable bonds is 9. The molecular weight excluding hydrogens is 306 g/mol. The summed E-state index contributed by atoms with van der Waals surface area (Å²) in [7, 11) is 0. The quantitative estimate of drug-likeness (QED) is 0.194. The van der Waals surface area contributed by atoms with Crippen molar-refractivity contribution in [2.45, 2.75) is 19.3 Å². The summed E-state index contributed by atoms with van der Waals surface area (Å²) in [6.07, 6.45) is 4.98. The predicted molar refractivity (Wildman–Crippen MR) is 93.3 cm³/mol. The van der Waals surface area contributed by atoms with E-state index in [1.165, 1.54) is 12.1 Å². The number of hydrogen-bond donors (Lipinski definition) is 0. The minimum absolute atomic E-state index is 0.0311.